The van der Waals surface area contributed by atoms with E-state index in [1.54, 1.807) is 0 Å². The molecule has 0 fully saturated rings. The van der Waals surface area contributed by atoms with Gasteiger partial charge in [-0.05, 0) is 34.9 Å². The zero-order valence-corrected chi connectivity index (χ0v) is 28.3. The fraction of sp³-hybridized carbons (Fsp3) is 0.0208. The molecule has 0 bridgehead atoms. The second kappa shape index (κ2) is 12.1. The molecule has 0 amide bonds. The summed E-state index contributed by atoms with van der Waals surface area (Å²) in [7, 11) is 0. The highest BCUT2D eigenvalue weighted by atomic mass is 15.0. The number of aromatic nitrogens is 4. The normalized spacial score (nSPS) is 12.8. The molecule has 0 atom stereocenters. The molecule has 52 heavy (non-hydrogen) atoms. The fourth-order valence-corrected chi connectivity index (χ4v) is 8.16. The van der Waals surface area contributed by atoms with Gasteiger partial charge in [0.25, 0.3) is 0 Å². The first kappa shape index (κ1) is 30.0. The van der Waals surface area contributed by atoms with Crippen LogP contribution in [0.15, 0.2) is 194 Å². The predicted octanol–water partition coefficient (Wildman–Crippen LogP) is 11.2. The molecule has 244 valence electrons. The van der Waals surface area contributed by atoms with Gasteiger partial charge in [0.15, 0.2) is 17.5 Å². The number of hydrogen-bond acceptors (Lipinski definition) is 3. The first-order valence-electron chi connectivity index (χ1n) is 17.6. The van der Waals surface area contributed by atoms with Crippen molar-refractivity contribution in [3.8, 4) is 51.1 Å². The van der Waals surface area contributed by atoms with Gasteiger partial charge in [-0.15, -0.1) is 0 Å². The molecule has 4 heteroatoms. The maximum Gasteiger partial charge on any atom is 0.164 e. The molecule has 0 aliphatic heterocycles. The van der Waals surface area contributed by atoms with Gasteiger partial charge in [0.05, 0.1) is 16.6 Å². The van der Waals surface area contributed by atoms with Crippen LogP contribution in [-0.4, -0.2) is 19.5 Å². The van der Waals surface area contributed by atoms with Gasteiger partial charge in [-0.3, -0.25) is 0 Å². The summed E-state index contributed by atoms with van der Waals surface area (Å²) in [4.78, 5) is 15.1. The van der Waals surface area contributed by atoms with Gasteiger partial charge in [0, 0.05) is 38.9 Å². The van der Waals surface area contributed by atoms with Crippen molar-refractivity contribution >= 4 is 10.9 Å². The van der Waals surface area contributed by atoms with Crippen LogP contribution in [0.1, 0.15) is 22.3 Å². The van der Waals surface area contributed by atoms with Crippen molar-refractivity contribution in [2.45, 2.75) is 5.41 Å². The Labute approximate surface area is 302 Å². The van der Waals surface area contributed by atoms with Crippen LogP contribution in [0.4, 0.5) is 0 Å². The molecule has 1 aliphatic rings. The maximum atomic E-state index is 5.06. The third kappa shape index (κ3) is 4.58. The van der Waals surface area contributed by atoms with Crippen molar-refractivity contribution in [2.75, 3.05) is 0 Å². The topological polar surface area (TPSA) is 43.6 Å². The van der Waals surface area contributed by atoms with Crippen molar-refractivity contribution in [3.63, 3.8) is 0 Å². The molecule has 7 aromatic carbocycles. The Morgan fingerprint density at radius 1 is 0.404 bits per heavy atom. The molecule has 2 heterocycles. The van der Waals surface area contributed by atoms with Crippen LogP contribution in [0.3, 0.4) is 0 Å². The summed E-state index contributed by atoms with van der Waals surface area (Å²) in [6, 6.07) is 68.6. The largest absolute Gasteiger partial charge is 0.309 e. The zero-order chi connectivity index (χ0) is 34.5. The number of fused-ring (bicyclic) bond motifs is 5. The van der Waals surface area contributed by atoms with E-state index in [0.717, 1.165) is 27.9 Å². The Morgan fingerprint density at radius 3 is 1.50 bits per heavy atom. The van der Waals surface area contributed by atoms with Crippen molar-refractivity contribution in [3.05, 3.63) is 216 Å². The third-order valence-corrected chi connectivity index (χ3v) is 10.3. The smallest absolute Gasteiger partial charge is 0.164 e. The van der Waals surface area contributed by atoms with E-state index in [-0.39, 0.29) is 0 Å². The van der Waals surface area contributed by atoms with Crippen LogP contribution in [-0.2, 0) is 5.41 Å². The SMILES string of the molecule is c1ccc(-c2nc(-c3ccccc3)nc(-c3cccc(-n4c5c(c6ccccc64)C(c4ccccc4)(c4ccccc4)c4ccccc4-5)c3)n2)cc1. The van der Waals surface area contributed by atoms with Crippen molar-refractivity contribution in [2.24, 2.45) is 0 Å². The van der Waals surface area contributed by atoms with Gasteiger partial charge in [-0.1, -0.05) is 176 Å². The molecule has 1 aliphatic carbocycles. The summed E-state index contributed by atoms with van der Waals surface area (Å²) in [5.41, 5.74) is 12.0. The van der Waals surface area contributed by atoms with Crippen LogP contribution < -0.4 is 0 Å². The number of benzene rings is 7. The number of para-hydroxylation sites is 1. The molecular weight excluding hydrogens is 633 g/mol. The number of rotatable bonds is 6. The van der Waals surface area contributed by atoms with Gasteiger partial charge in [-0.25, -0.2) is 15.0 Å². The first-order valence-corrected chi connectivity index (χ1v) is 17.6. The number of nitrogens with zero attached hydrogens (tertiary/aromatic N) is 4. The van der Waals surface area contributed by atoms with E-state index in [1.165, 1.54) is 38.9 Å². The molecule has 10 rings (SSSR count). The van der Waals surface area contributed by atoms with E-state index >= 15 is 0 Å². The molecule has 0 radical (unpaired) electrons. The number of hydrogen-bond donors (Lipinski definition) is 0. The Hall–Kier alpha value is -6.91. The van der Waals surface area contributed by atoms with Gasteiger partial charge in [-0.2, -0.15) is 0 Å². The molecule has 0 spiro atoms. The van der Waals surface area contributed by atoms with Gasteiger partial charge < -0.3 is 4.57 Å². The van der Waals surface area contributed by atoms with E-state index in [4.69, 9.17) is 15.0 Å². The van der Waals surface area contributed by atoms with E-state index in [2.05, 4.69) is 138 Å². The van der Waals surface area contributed by atoms with Crippen LogP contribution in [0.2, 0.25) is 0 Å². The molecule has 4 nitrogen and oxygen atoms in total. The lowest BCUT2D eigenvalue weighted by atomic mass is 9.67. The molecule has 0 saturated heterocycles. The standard InChI is InChI=1S/C48H32N4/c1-5-18-33(19-6-1)45-49-46(34-20-7-2-8-21-34)51-47(50-45)35-22-17-27-38(32-35)52-42-31-16-14-29-40(42)43-44(52)39-28-13-15-30-41(39)48(43,36-23-9-3-10-24-36)37-25-11-4-12-26-37/h1-32H. The summed E-state index contributed by atoms with van der Waals surface area (Å²) in [5.74, 6) is 1.92. The van der Waals surface area contributed by atoms with Crippen molar-refractivity contribution < 1.29 is 0 Å². The summed E-state index contributed by atoms with van der Waals surface area (Å²) in [5, 5.41) is 1.23. The van der Waals surface area contributed by atoms with Gasteiger partial charge in [0.2, 0.25) is 0 Å². The molecule has 0 saturated carbocycles. The molecular formula is C48H32N4. The molecule has 2 aromatic heterocycles. The Kier molecular flexibility index (Phi) is 7.00. The van der Waals surface area contributed by atoms with Crippen molar-refractivity contribution in [1.82, 2.24) is 19.5 Å². The maximum absolute atomic E-state index is 5.06. The minimum absolute atomic E-state index is 0.514. The minimum Gasteiger partial charge on any atom is -0.309 e. The first-order chi connectivity index (χ1) is 25.8. The third-order valence-electron chi connectivity index (χ3n) is 10.3. The van der Waals surface area contributed by atoms with Gasteiger partial charge >= 0.3 is 0 Å². The van der Waals surface area contributed by atoms with Crippen LogP contribution in [0.5, 0.6) is 0 Å². The minimum atomic E-state index is -0.514. The Morgan fingerprint density at radius 2 is 0.885 bits per heavy atom. The lowest BCUT2D eigenvalue weighted by Gasteiger charge is -2.33. The summed E-state index contributed by atoms with van der Waals surface area (Å²) in [6.45, 7) is 0. The molecule has 0 N–H and O–H groups in total. The van der Waals surface area contributed by atoms with E-state index in [1.807, 2.05) is 60.7 Å². The summed E-state index contributed by atoms with van der Waals surface area (Å²) < 4.78 is 2.44. The average molecular weight is 665 g/mol. The average Bonchev–Trinajstić information content (AvgIpc) is 3.73. The Balaban J connectivity index is 1.25. The van der Waals surface area contributed by atoms with Gasteiger partial charge in [0.1, 0.15) is 0 Å². The molecule has 9 aromatic rings. The monoisotopic (exact) mass is 664 g/mol. The quantitative estimate of drug-likeness (QED) is 0.178. The van der Waals surface area contributed by atoms with Crippen LogP contribution in [0, 0.1) is 0 Å². The zero-order valence-electron chi connectivity index (χ0n) is 28.3. The summed E-state index contributed by atoms with van der Waals surface area (Å²) >= 11 is 0. The highest BCUT2D eigenvalue weighted by molar-refractivity contribution is 6.02. The van der Waals surface area contributed by atoms with Crippen LogP contribution >= 0.6 is 0 Å². The second-order valence-electron chi connectivity index (χ2n) is 13.2. The highest BCUT2D eigenvalue weighted by Crippen LogP contribution is 2.59. The fourth-order valence-electron chi connectivity index (χ4n) is 8.16. The predicted molar refractivity (Wildman–Crippen MR) is 210 cm³/mol. The van der Waals surface area contributed by atoms with Crippen molar-refractivity contribution in [1.29, 1.82) is 0 Å². The molecule has 0 unspecified atom stereocenters. The van der Waals surface area contributed by atoms with E-state index in [9.17, 15) is 0 Å². The second-order valence-corrected chi connectivity index (χ2v) is 13.2. The lowest BCUT2D eigenvalue weighted by Crippen LogP contribution is -2.28. The highest BCUT2D eigenvalue weighted by Gasteiger charge is 2.49. The van der Waals surface area contributed by atoms with E-state index < -0.39 is 5.41 Å². The summed E-state index contributed by atoms with van der Waals surface area (Å²) in [6.07, 6.45) is 0. The van der Waals surface area contributed by atoms with Crippen LogP contribution in [0.25, 0.3) is 62.0 Å². The van der Waals surface area contributed by atoms with E-state index in [0.29, 0.717) is 17.5 Å². The Bertz CT molecular complexity index is 2620. The lowest BCUT2D eigenvalue weighted by molar-refractivity contribution is 0.775.